The summed E-state index contributed by atoms with van der Waals surface area (Å²) in [6.45, 7) is 11.3. The van der Waals surface area contributed by atoms with E-state index in [1.54, 1.807) is 6.92 Å². The molecular formula is C13H21NO3. The van der Waals surface area contributed by atoms with Gasteiger partial charge in [0.25, 0.3) is 0 Å². The smallest absolute Gasteiger partial charge is 0.411 e. The average molecular weight is 239 g/mol. The molecule has 0 aromatic carbocycles. The second-order valence-electron chi connectivity index (χ2n) is 5.58. The van der Waals surface area contributed by atoms with Gasteiger partial charge in [-0.3, -0.25) is 9.69 Å². The number of ether oxygens (including phenoxy) is 1. The molecule has 0 aromatic heterocycles. The van der Waals surface area contributed by atoms with Gasteiger partial charge in [0.2, 0.25) is 0 Å². The molecule has 0 saturated carbocycles. The van der Waals surface area contributed by atoms with E-state index < -0.39 is 17.2 Å². The summed E-state index contributed by atoms with van der Waals surface area (Å²) in [5, 5.41) is 0. The van der Waals surface area contributed by atoms with Crippen molar-refractivity contribution in [2.45, 2.75) is 51.7 Å². The van der Waals surface area contributed by atoms with Gasteiger partial charge < -0.3 is 4.74 Å². The minimum Gasteiger partial charge on any atom is -0.444 e. The summed E-state index contributed by atoms with van der Waals surface area (Å²) in [6, 6.07) is 0. The molecule has 4 heteroatoms. The molecule has 0 bridgehead atoms. The molecule has 0 spiro atoms. The van der Waals surface area contributed by atoms with Crippen LogP contribution in [0.15, 0.2) is 12.7 Å². The van der Waals surface area contributed by atoms with E-state index in [0.717, 1.165) is 6.42 Å². The van der Waals surface area contributed by atoms with Crippen LogP contribution in [0.2, 0.25) is 0 Å². The average Bonchev–Trinajstić information content (AvgIpc) is 2.58. The maximum absolute atomic E-state index is 12.0. The van der Waals surface area contributed by atoms with Crippen LogP contribution in [0, 0.1) is 0 Å². The summed E-state index contributed by atoms with van der Waals surface area (Å²) in [5.41, 5.74) is -1.33. The van der Waals surface area contributed by atoms with Gasteiger partial charge in [0.1, 0.15) is 11.1 Å². The highest BCUT2D eigenvalue weighted by atomic mass is 16.6. The van der Waals surface area contributed by atoms with Crippen molar-refractivity contribution in [1.82, 2.24) is 4.90 Å². The molecule has 4 nitrogen and oxygen atoms in total. The van der Waals surface area contributed by atoms with Crippen molar-refractivity contribution in [3.63, 3.8) is 0 Å². The van der Waals surface area contributed by atoms with E-state index in [1.165, 1.54) is 11.0 Å². The summed E-state index contributed by atoms with van der Waals surface area (Å²) < 4.78 is 5.31. The van der Waals surface area contributed by atoms with Crippen molar-refractivity contribution in [2.75, 3.05) is 6.54 Å². The van der Waals surface area contributed by atoms with E-state index in [9.17, 15) is 9.59 Å². The second-order valence-corrected chi connectivity index (χ2v) is 5.58. The summed E-state index contributed by atoms with van der Waals surface area (Å²) in [6.07, 6.45) is 2.34. The van der Waals surface area contributed by atoms with Crippen molar-refractivity contribution >= 4 is 11.9 Å². The van der Waals surface area contributed by atoms with Crippen LogP contribution in [-0.2, 0) is 9.53 Å². The SMILES string of the molecule is C=CC(=O)C1(C)CCCN1C(=O)OC(C)(C)C. The third kappa shape index (κ3) is 2.87. The molecule has 0 aliphatic carbocycles. The Morgan fingerprint density at radius 3 is 2.47 bits per heavy atom. The summed E-state index contributed by atoms with van der Waals surface area (Å²) >= 11 is 0. The third-order valence-corrected chi connectivity index (χ3v) is 2.97. The predicted molar refractivity (Wildman–Crippen MR) is 65.8 cm³/mol. The monoisotopic (exact) mass is 239 g/mol. The lowest BCUT2D eigenvalue weighted by atomic mass is 9.93. The Bertz CT molecular complexity index is 343. The number of likely N-dealkylation sites (tertiary alicyclic amines) is 1. The van der Waals surface area contributed by atoms with Gasteiger partial charge in [0, 0.05) is 6.54 Å². The van der Waals surface area contributed by atoms with E-state index in [0.29, 0.717) is 13.0 Å². The second kappa shape index (κ2) is 4.51. The van der Waals surface area contributed by atoms with E-state index in [-0.39, 0.29) is 5.78 Å². The fourth-order valence-corrected chi connectivity index (χ4v) is 2.05. The van der Waals surface area contributed by atoms with Gasteiger partial charge in [0.15, 0.2) is 5.78 Å². The van der Waals surface area contributed by atoms with Crippen LogP contribution in [0.1, 0.15) is 40.5 Å². The number of hydrogen-bond acceptors (Lipinski definition) is 3. The molecule has 1 amide bonds. The molecule has 1 fully saturated rings. The van der Waals surface area contributed by atoms with Gasteiger partial charge in [-0.05, 0) is 46.6 Å². The van der Waals surface area contributed by atoms with Crippen molar-refractivity contribution < 1.29 is 14.3 Å². The lowest BCUT2D eigenvalue weighted by Crippen LogP contribution is -2.51. The highest BCUT2D eigenvalue weighted by molar-refractivity contribution is 5.99. The maximum Gasteiger partial charge on any atom is 0.411 e. The first-order valence-electron chi connectivity index (χ1n) is 5.88. The Hall–Kier alpha value is -1.32. The molecule has 0 N–H and O–H groups in total. The lowest BCUT2D eigenvalue weighted by molar-refractivity contribution is -0.123. The Kier molecular flexibility index (Phi) is 3.65. The van der Waals surface area contributed by atoms with Crippen molar-refractivity contribution in [1.29, 1.82) is 0 Å². The predicted octanol–water partition coefficient (Wildman–Crippen LogP) is 2.53. The fourth-order valence-electron chi connectivity index (χ4n) is 2.05. The zero-order valence-electron chi connectivity index (χ0n) is 11.1. The number of carbonyl (C=O) groups is 2. The van der Waals surface area contributed by atoms with Gasteiger partial charge in [-0.1, -0.05) is 6.58 Å². The minimum absolute atomic E-state index is 0.124. The maximum atomic E-state index is 12.0. The Morgan fingerprint density at radius 2 is 2.00 bits per heavy atom. The normalized spacial score (nSPS) is 24.6. The first kappa shape index (κ1) is 13.7. The summed E-state index contributed by atoms with van der Waals surface area (Å²) in [7, 11) is 0. The third-order valence-electron chi connectivity index (χ3n) is 2.97. The first-order valence-corrected chi connectivity index (χ1v) is 5.88. The zero-order valence-corrected chi connectivity index (χ0v) is 11.1. The van der Waals surface area contributed by atoms with Crippen LogP contribution in [-0.4, -0.2) is 34.5 Å². The molecule has 1 atom stereocenters. The lowest BCUT2D eigenvalue weighted by Gasteiger charge is -2.34. The quantitative estimate of drug-likeness (QED) is 0.696. The molecule has 1 aliphatic rings. The highest BCUT2D eigenvalue weighted by Crippen LogP contribution is 2.31. The van der Waals surface area contributed by atoms with Gasteiger partial charge in [-0.2, -0.15) is 0 Å². The number of nitrogens with zero attached hydrogens (tertiary/aromatic N) is 1. The Labute approximate surface area is 103 Å². The Morgan fingerprint density at radius 1 is 1.41 bits per heavy atom. The highest BCUT2D eigenvalue weighted by Gasteiger charge is 2.45. The largest absolute Gasteiger partial charge is 0.444 e. The van der Waals surface area contributed by atoms with Gasteiger partial charge in [-0.15, -0.1) is 0 Å². The molecule has 0 aromatic rings. The van der Waals surface area contributed by atoms with Crippen molar-refractivity contribution in [3.8, 4) is 0 Å². The van der Waals surface area contributed by atoms with Crippen LogP contribution < -0.4 is 0 Å². The molecule has 17 heavy (non-hydrogen) atoms. The van der Waals surface area contributed by atoms with Crippen LogP contribution in [0.5, 0.6) is 0 Å². The van der Waals surface area contributed by atoms with E-state index in [1.807, 2.05) is 20.8 Å². The van der Waals surface area contributed by atoms with E-state index in [4.69, 9.17) is 4.74 Å². The number of rotatable bonds is 2. The van der Waals surface area contributed by atoms with Gasteiger partial charge >= 0.3 is 6.09 Å². The fraction of sp³-hybridized carbons (Fsp3) is 0.692. The molecule has 1 unspecified atom stereocenters. The summed E-state index contributed by atoms with van der Waals surface area (Å²) in [5.74, 6) is -0.124. The van der Waals surface area contributed by atoms with E-state index >= 15 is 0 Å². The van der Waals surface area contributed by atoms with Crippen molar-refractivity contribution in [3.05, 3.63) is 12.7 Å². The molecule has 1 aliphatic heterocycles. The van der Waals surface area contributed by atoms with Crippen LogP contribution >= 0.6 is 0 Å². The van der Waals surface area contributed by atoms with Crippen LogP contribution in [0.3, 0.4) is 0 Å². The number of carbonyl (C=O) groups excluding carboxylic acids is 2. The molecular weight excluding hydrogens is 218 g/mol. The Balaban J connectivity index is 2.86. The summed E-state index contributed by atoms with van der Waals surface area (Å²) in [4.78, 5) is 25.4. The number of ketones is 1. The van der Waals surface area contributed by atoms with E-state index in [2.05, 4.69) is 6.58 Å². The zero-order chi connectivity index (χ0) is 13.3. The number of hydrogen-bond donors (Lipinski definition) is 0. The molecule has 1 rings (SSSR count). The molecule has 0 radical (unpaired) electrons. The molecule has 1 heterocycles. The van der Waals surface area contributed by atoms with Crippen molar-refractivity contribution in [2.24, 2.45) is 0 Å². The van der Waals surface area contributed by atoms with Gasteiger partial charge in [0.05, 0.1) is 0 Å². The molecule has 96 valence electrons. The van der Waals surface area contributed by atoms with Gasteiger partial charge in [-0.25, -0.2) is 4.79 Å². The topological polar surface area (TPSA) is 46.6 Å². The molecule has 1 saturated heterocycles. The number of amides is 1. The standard InChI is InChI=1S/C13H21NO3/c1-6-10(15)13(5)8-7-9-14(13)11(16)17-12(2,3)4/h6H,1,7-9H2,2-5H3. The van der Waals surface area contributed by atoms with Crippen LogP contribution in [0.4, 0.5) is 4.79 Å². The first-order chi connectivity index (χ1) is 7.70. The minimum atomic E-state index is -0.788. The van der Waals surface area contributed by atoms with Crippen LogP contribution in [0.25, 0.3) is 0 Å².